The van der Waals surface area contributed by atoms with Crippen LogP contribution in [0.1, 0.15) is 5.56 Å². The molecule has 0 nitrogen and oxygen atoms in total. The molecule has 5 heteroatoms. The average molecular weight is 276 g/mol. The zero-order valence-corrected chi connectivity index (χ0v) is 10.4. The molecule has 0 spiro atoms. The van der Waals surface area contributed by atoms with E-state index in [4.69, 9.17) is 45.0 Å². The van der Waals surface area contributed by atoms with Crippen LogP contribution in [0, 0.1) is 0 Å². The Hall–Kier alpha value is 0.550. The number of hydrogen-bond donors (Lipinski definition) is 0. The van der Waals surface area contributed by atoms with Gasteiger partial charge in [-0.05, 0) is 0 Å². The summed E-state index contributed by atoms with van der Waals surface area (Å²) in [6.07, 6.45) is 1.71. The normalized spacial score (nSPS) is 15.5. The monoisotopic (exact) mass is 274 g/mol. The molecule has 0 N–H and O–H groups in total. The van der Waals surface area contributed by atoms with Crippen molar-refractivity contribution in [3.05, 3.63) is 41.7 Å². The van der Waals surface area contributed by atoms with Crippen LogP contribution in [0.25, 0.3) is 6.08 Å². The van der Waals surface area contributed by atoms with E-state index in [1.807, 2.05) is 30.3 Å². The topological polar surface area (TPSA) is 0 Å². The zero-order chi connectivity index (χ0) is 9.97. The van der Waals surface area contributed by atoms with Gasteiger partial charge in [-0.1, -0.05) is 0 Å². The molecule has 0 radical (unpaired) electrons. The van der Waals surface area contributed by atoms with Crippen LogP contribution < -0.4 is 0 Å². The van der Waals surface area contributed by atoms with Gasteiger partial charge >= 0.3 is 96.8 Å². The third kappa shape index (κ3) is 5.78. The van der Waals surface area contributed by atoms with Gasteiger partial charge in [0.1, 0.15) is 0 Å². The van der Waals surface area contributed by atoms with Crippen molar-refractivity contribution in [3.8, 4) is 0 Å². The molecule has 0 aliphatic heterocycles. The van der Waals surface area contributed by atoms with Crippen LogP contribution >= 0.6 is 49.0 Å². The molecular weight excluding hydrogens is 269 g/mol. The summed E-state index contributed by atoms with van der Waals surface area (Å²) in [5, 5.41) is 0. The molecule has 0 bridgehead atoms. The minimum absolute atomic E-state index is 0.958. The Bertz CT molecular complexity index is 303. The van der Waals surface area contributed by atoms with Crippen molar-refractivity contribution in [2.45, 2.75) is 0 Å². The fraction of sp³-hybridized carbons (Fsp3) is 0. The first-order valence-electron chi connectivity index (χ1n) is 3.47. The summed E-state index contributed by atoms with van der Waals surface area (Å²) in [5.41, 5.74) is 0.958. The molecule has 1 rings (SSSR count). The first kappa shape index (κ1) is 11.6. The third-order valence-electron chi connectivity index (χ3n) is 1.29. The Morgan fingerprint density at radius 1 is 0.923 bits per heavy atom. The van der Waals surface area contributed by atoms with Crippen molar-refractivity contribution < 1.29 is 0 Å². The van der Waals surface area contributed by atoms with Gasteiger partial charge in [-0.15, -0.1) is 0 Å². The van der Waals surface area contributed by atoms with Gasteiger partial charge in [-0.25, -0.2) is 0 Å². The summed E-state index contributed by atoms with van der Waals surface area (Å²) in [7, 11) is 0. The maximum absolute atomic E-state index is 5.68. The summed E-state index contributed by atoms with van der Waals surface area (Å²) in [6, 6.07) is 9.53. The predicted octanol–water partition coefficient (Wildman–Crippen LogP) is 5.83. The van der Waals surface area contributed by atoms with Gasteiger partial charge in [0.15, 0.2) is 0 Å². The van der Waals surface area contributed by atoms with Crippen LogP contribution in [0.2, 0.25) is 0 Å². The van der Waals surface area contributed by atoms with Crippen LogP contribution in [0.3, 0.4) is 0 Å². The maximum atomic E-state index is 5.68. The van der Waals surface area contributed by atoms with E-state index in [0.717, 1.165) is 5.56 Å². The fourth-order valence-electron chi connectivity index (χ4n) is 0.763. The Morgan fingerprint density at radius 3 is 1.92 bits per heavy atom. The Balaban J connectivity index is 2.82. The van der Waals surface area contributed by atoms with E-state index in [0.29, 0.717) is 0 Å². The van der Waals surface area contributed by atoms with E-state index in [1.165, 1.54) is 5.82 Å². The van der Waals surface area contributed by atoms with Gasteiger partial charge in [0.05, 0.1) is 0 Å². The average Bonchev–Trinajstić information content (AvgIpc) is 2.01. The Labute approximate surface area is 96.5 Å². The van der Waals surface area contributed by atoms with Crippen molar-refractivity contribution in [3.63, 3.8) is 0 Å². The van der Waals surface area contributed by atoms with Crippen molar-refractivity contribution >= 4 is 55.1 Å². The van der Waals surface area contributed by atoms with Crippen LogP contribution in [0.4, 0.5) is 0 Å². The molecule has 0 amide bonds. The van der Waals surface area contributed by atoms with Crippen molar-refractivity contribution in [2.75, 3.05) is 0 Å². The summed E-state index contributed by atoms with van der Waals surface area (Å²) in [6.45, 7) is 0. The molecule has 1 aromatic rings. The van der Waals surface area contributed by atoms with E-state index in [-0.39, 0.29) is 0 Å². The number of rotatable bonds is 2. The van der Waals surface area contributed by atoms with Crippen molar-refractivity contribution in [2.24, 2.45) is 0 Å². The van der Waals surface area contributed by atoms with Gasteiger partial charge < -0.3 is 0 Å². The summed E-state index contributed by atoms with van der Waals surface area (Å²) >= 11 is 22.7. The second-order valence-electron chi connectivity index (χ2n) is 2.50. The second-order valence-corrected chi connectivity index (χ2v) is 15.9. The van der Waals surface area contributed by atoms with E-state index in [9.17, 15) is 0 Å². The number of benzene rings is 1. The van der Waals surface area contributed by atoms with Crippen LogP contribution in [0.15, 0.2) is 36.1 Å². The van der Waals surface area contributed by atoms with Crippen LogP contribution in [0.5, 0.6) is 0 Å². The first-order valence-corrected chi connectivity index (χ1v) is 9.39. The summed E-state index contributed by atoms with van der Waals surface area (Å²) in [5.74, 6) is 1.44. The third-order valence-corrected chi connectivity index (χ3v) is 3.24. The Morgan fingerprint density at radius 2 is 1.46 bits per heavy atom. The van der Waals surface area contributed by atoms with Gasteiger partial charge in [0.2, 0.25) is 0 Å². The van der Waals surface area contributed by atoms with Crippen molar-refractivity contribution in [1.29, 1.82) is 0 Å². The molecule has 0 aliphatic carbocycles. The molecule has 0 unspecified atom stereocenters. The van der Waals surface area contributed by atoms with Crippen molar-refractivity contribution in [1.82, 2.24) is 0 Å². The predicted molar refractivity (Wildman–Crippen MR) is 65.8 cm³/mol. The zero-order valence-electron chi connectivity index (χ0n) is 6.50. The number of halogens is 4. The molecule has 0 saturated carbocycles. The molecule has 0 atom stereocenters. The standard InChI is InChI=1S/C8H7Cl4P/c9-13(10,11,12)7-6-8-4-2-1-3-5-8/h1-7H. The molecule has 0 aromatic heterocycles. The molecule has 13 heavy (non-hydrogen) atoms. The first-order chi connectivity index (χ1) is 5.83. The van der Waals surface area contributed by atoms with Gasteiger partial charge in [0, 0.05) is 0 Å². The molecule has 0 heterocycles. The van der Waals surface area contributed by atoms with E-state index in [1.54, 1.807) is 6.08 Å². The fourth-order valence-corrected chi connectivity index (χ4v) is 1.84. The molecule has 0 saturated heterocycles. The molecule has 0 aliphatic rings. The summed E-state index contributed by atoms with van der Waals surface area (Å²) < 4.78 is -3.59. The van der Waals surface area contributed by atoms with Gasteiger partial charge in [-0.2, -0.15) is 0 Å². The SMILES string of the molecule is ClP(Cl)(Cl)(Cl)C=Cc1ccccc1. The van der Waals surface area contributed by atoms with Crippen LogP contribution in [-0.2, 0) is 0 Å². The van der Waals surface area contributed by atoms with E-state index in [2.05, 4.69) is 0 Å². The second kappa shape index (κ2) is 3.96. The quantitative estimate of drug-likeness (QED) is 0.596. The minimum atomic E-state index is -3.59. The van der Waals surface area contributed by atoms with E-state index < -0.39 is 4.01 Å². The van der Waals surface area contributed by atoms with Gasteiger partial charge in [0.25, 0.3) is 0 Å². The molecular formula is C8H7Cl4P. The molecule has 1 aromatic carbocycles. The van der Waals surface area contributed by atoms with E-state index >= 15 is 0 Å². The summed E-state index contributed by atoms with van der Waals surface area (Å²) in [4.78, 5) is 0. The molecule has 72 valence electrons. The number of hydrogen-bond acceptors (Lipinski definition) is 0. The molecule has 0 fully saturated rings. The van der Waals surface area contributed by atoms with Gasteiger partial charge in [-0.3, -0.25) is 0 Å². The van der Waals surface area contributed by atoms with Crippen LogP contribution in [-0.4, -0.2) is 0 Å². The Kier molecular flexibility index (Phi) is 3.54.